The highest BCUT2D eigenvalue weighted by atomic mass is 19.4. The van der Waals surface area contributed by atoms with Crippen LogP contribution in [0.25, 0.3) is 0 Å². The third kappa shape index (κ3) is 2.82. The molecule has 1 heterocycles. The summed E-state index contributed by atoms with van der Waals surface area (Å²) in [5, 5.41) is 0. The first-order valence-corrected chi connectivity index (χ1v) is 7.21. The fraction of sp³-hybridized carbons (Fsp3) is 0.333. The monoisotopic (exact) mass is 306 g/mol. The SMILES string of the molecule is CC1(C)CC(c2cccc(C(F)(F)F)c2)c2ccccc2O1. The minimum atomic E-state index is -4.32. The first-order valence-electron chi connectivity index (χ1n) is 7.21. The molecule has 0 radical (unpaired) electrons. The molecule has 2 aromatic rings. The van der Waals surface area contributed by atoms with Crippen LogP contribution in [0.15, 0.2) is 48.5 Å². The number of alkyl halides is 3. The molecule has 1 atom stereocenters. The van der Waals surface area contributed by atoms with Gasteiger partial charge < -0.3 is 4.74 Å². The molecule has 1 nitrogen and oxygen atoms in total. The van der Waals surface area contributed by atoms with E-state index >= 15 is 0 Å². The molecule has 0 bridgehead atoms. The summed E-state index contributed by atoms with van der Waals surface area (Å²) in [6, 6.07) is 13.2. The van der Waals surface area contributed by atoms with E-state index in [2.05, 4.69) is 0 Å². The Kier molecular flexibility index (Phi) is 3.42. The number of hydrogen-bond donors (Lipinski definition) is 0. The molecule has 1 aliphatic heterocycles. The number of benzene rings is 2. The van der Waals surface area contributed by atoms with Crippen LogP contribution in [0.5, 0.6) is 5.75 Å². The van der Waals surface area contributed by atoms with E-state index in [4.69, 9.17) is 4.74 Å². The van der Waals surface area contributed by atoms with Gasteiger partial charge in [-0.05, 0) is 38.0 Å². The van der Waals surface area contributed by atoms with Crippen molar-refractivity contribution in [3.63, 3.8) is 0 Å². The largest absolute Gasteiger partial charge is 0.488 e. The summed E-state index contributed by atoms with van der Waals surface area (Å²) in [5.41, 5.74) is 0.611. The Morgan fingerprint density at radius 2 is 1.77 bits per heavy atom. The van der Waals surface area contributed by atoms with Gasteiger partial charge in [-0.15, -0.1) is 0 Å². The maximum Gasteiger partial charge on any atom is 0.416 e. The topological polar surface area (TPSA) is 9.23 Å². The van der Waals surface area contributed by atoms with Crippen LogP contribution in [-0.4, -0.2) is 5.60 Å². The van der Waals surface area contributed by atoms with Gasteiger partial charge in [-0.25, -0.2) is 0 Å². The Bertz CT molecular complexity index is 689. The fourth-order valence-corrected chi connectivity index (χ4v) is 3.03. The molecule has 4 heteroatoms. The van der Waals surface area contributed by atoms with Crippen LogP contribution in [0.2, 0.25) is 0 Å². The van der Waals surface area contributed by atoms with Gasteiger partial charge in [0.2, 0.25) is 0 Å². The molecule has 0 spiro atoms. The number of hydrogen-bond acceptors (Lipinski definition) is 1. The third-order valence-corrected chi connectivity index (χ3v) is 3.99. The summed E-state index contributed by atoms with van der Waals surface area (Å²) in [7, 11) is 0. The zero-order valence-corrected chi connectivity index (χ0v) is 12.4. The first-order chi connectivity index (χ1) is 10.3. The molecule has 0 N–H and O–H groups in total. The summed E-state index contributed by atoms with van der Waals surface area (Å²) >= 11 is 0. The Morgan fingerprint density at radius 1 is 1.05 bits per heavy atom. The molecule has 1 unspecified atom stereocenters. The van der Waals surface area contributed by atoms with E-state index in [1.807, 2.05) is 38.1 Å². The van der Waals surface area contributed by atoms with Crippen molar-refractivity contribution in [2.24, 2.45) is 0 Å². The zero-order valence-electron chi connectivity index (χ0n) is 12.4. The summed E-state index contributed by atoms with van der Waals surface area (Å²) in [6.45, 7) is 3.92. The minimum absolute atomic E-state index is 0.0951. The van der Waals surface area contributed by atoms with Crippen LogP contribution >= 0.6 is 0 Å². The number of fused-ring (bicyclic) bond motifs is 1. The van der Waals surface area contributed by atoms with Crippen LogP contribution in [-0.2, 0) is 6.18 Å². The molecule has 0 fully saturated rings. The van der Waals surface area contributed by atoms with Crippen molar-refractivity contribution in [1.82, 2.24) is 0 Å². The first kappa shape index (κ1) is 14.9. The summed E-state index contributed by atoms with van der Waals surface area (Å²) in [4.78, 5) is 0. The Morgan fingerprint density at radius 3 is 2.50 bits per heavy atom. The van der Waals surface area contributed by atoms with Crippen LogP contribution in [0.1, 0.15) is 42.9 Å². The van der Waals surface area contributed by atoms with Crippen LogP contribution < -0.4 is 4.74 Å². The predicted molar refractivity (Wildman–Crippen MR) is 79.1 cm³/mol. The molecule has 0 aliphatic carbocycles. The van der Waals surface area contributed by atoms with Gasteiger partial charge in [0.25, 0.3) is 0 Å². The van der Waals surface area contributed by atoms with Gasteiger partial charge in [-0.3, -0.25) is 0 Å². The van der Waals surface area contributed by atoms with Crippen LogP contribution in [0.3, 0.4) is 0 Å². The van der Waals surface area contributed by atoms with Gasteiger partial charge in [0.1, 0.15) is 11.4 Å². The smallest absolute Gasteiger partial charge is 0.416 e. The molecule has 0 saturated carbocycles. The van der Waals surface area contributed by atoms with Crippen molar-refractivity contribution in [2.45, 2.75) is 38.0 Å². The highest BCUT2D eigenvalue weighted by molar-refractivity contribution is 5.45. The predicted octanol–water partition coefficient (Wildman–Crippen LogP) is 5.40. The van der Waals surface area contributed by atoms with Crippen molar-refractivity contribution < 1.29 is 17.9 Å². The van der Waals surface area contributed by atoms with Gasteiger partial charge in [0.05, 0.1) is 5.56 Å². The Labute approximate surface area is 127 Å². The lowest BCUT2D eigenvalue weighted by molar-refractivity contribution is -0.137. The number of rotatable bonds is 1. The average Bonchev–Trinajstić information content (AvgIpc) is 2.44. The molecule has 0 aromatic heterocycles. The summed E-state index contributed by atoms with van der Waals surface area (Å²) in [5.74, 6) is 0.656. The lowest BCUT2D eigenvalue weighted by Gasteiger charge is -2.38. The van der Waals surface area contributed by atoms with E-state index in [0.29, 0.717) is 12.0 Å². The van der Waals surface area contributed by atoms with E-state index in [9.17, 15) is 13.2 Å². The lowest BCUT2D eigenvalue weighted by Crippen LogP contribution is -2.35. The number of halogens is 3. The Balaban J connectivity index is 2.08. The van der Waals surface area contributed by atoms with Gasteiger partial charge in [-0.1, -0.05) is 36.4 Å². The van der Waals surface area contributed by atoms with Gasteiger partial charge >= 0.3 is 6.18 Å². The molecule has 2 aromatic carbocycles. The molecule has 3 rings (SSSR count). The average molecular weight is 306 g/mol. The third-order valence-electron chi connectivity index (χ3n) is 3.99. The van der Waals surface area contributed by atoms with Crippen molar-refractivity contribution in [3.05, 3.63) is 65.2 Å². The molecule has 22 heavy (non-hydrogen) atoms. The minimum Gasteiger partial charge on any atom is -0.488 e. The molecule has 0 amide bonds. The van der Waals surface area contributed by atoms with Crippen molar-refractivity contribution >= 4 is 0 Å². The second kappa shape index (κ2) is 5.04. The van der Waals surface area contributed by atoms with Crippen LogP contribution in [0.4, 0.5) is 13.2 Å². The quantitative estimate of drug-likeness (QED) is 0.685. The number of para-hydroxylation sites is 1. The van der Waals surface area contributed by atoms with Crippen molar-refractivity contribution in [2.75, 3.05) is 0 Å². The fourth-order valence-electron chi connectivity index (χ4n) is 3.03. The highest BCUT2D eigenvalue weighted by Gasteiger charge is 2.36. The zero-order chi connectivity index (χ0) is 16.0. The van der Waals surface area contributed by atoms with E-state index in [1.54, 1.807) is 6.07 Å². The van der Waals surface area contributed by atoms with E-state index in [0.717, 1.165) is 17.4 Å². The maximum absolute atomic E-state index is 13.0. The second-order valence-electron chi connectivity index (χ2n) is 6.28. The maximum atomic E-state index is 13.0. The van der Waals surface area contributed by atoms with E-state index in [-0.39, 0.29) is 5.92 Å². The molecule has 1 aliphatic rings. The van der Waals surface area contributed by atoms with Crippen molar-refractivity contribution in [1.29, 1.82) is 0 Å². The normalized spacial score (nSPS) is 20.1. The molecule has 116 valence electrons. The van der Waals surface area contributed by atoms with Crippen LogP contribution in [0, 0.1) is 0 Å². The Hall–Kier alpha value is -1.97. The van der Waals surface area contributed by atoms with Gasteiger partial charge in [-0.2, -0.15) is 13.2 Å². The van der Waals surface area contributed by atoms with E-state index in [1.165, 1.54) is 12.1 Å². The molecular formula is C18H17F3O. The second-order valence-corrected chi connectivity index (χ2v) is 6.28. The van der Waals surface area contributed by atoms with Gasteiger partial charge in [0.15, 0.2) is 0 Å². The van der Waals surface area contributed by atoms with E-state index < -0.39 is 17.3 Å². The highest BCUT2D eigenvalue weighted by Crippen LogP contribution is 2.44. The standard InChI is InChI=1S/C18H17F3O/c1-17(2)11-15(14-8-3-4-9-16(14)22-17)12-6-5-7-13(10-12)18(19,20)21/h3-10,15H,11H2,1-2H3. The lowest BCUT2D eigenvalue weighted by atomic mass is 9.80. The molecular weight excluding hydrogens is 289 g/mol. The summed E-state index contributed by atoms with van der Waals surface area (Å²) < 4.78 is 44.8. The number of ether oxygens (including phenoxy) is 1. The van der Waals surface area contributed by atoms with Crippen molar-refractivity contribution in [3.8, 4) is 5.75 Å². The van der Waals surface area contributed by atoms with Gasteiger partial charge in [0, 0.05) is 11.5 Å². The summed E-state index contributed by atoms with van der Waals surface area (Å²) in [6.07, 6.45) is -3.68. The molecule has 0 saturated heterocycles.